The summed E-state index contributed by atoms with van der Waals surface area (Å²) in [6.45, 7) is 6.03. The highest BCUT2D eigenvalue weighted by Crippen LogP contribution is 2.26. The lowest BCUT2D eigenvalue weighted by Crippen LogP contribution is -2.08. The third-order valence-corrected chi connectivity index (χ3v) is 3.34. The Labute approximate surface area is 123 Å². The molecule has 0 spiro atoms. The van der Waals surface area contributed by atoms with Crippen LogP contribution in [0, 0.1) is 6.92 Å². The molecule has 106 valence electrons. The van der Waals surface area contributed by atoms with Gasteiger partial charge >= 0.3 is 0 Å². The number of aryl methyl sites for hydroxylation is 1. The molecule has 0 saturated carbocycles. The molecule has 0 bridgehead atoms. The van der Waals surface area contributed by atoms with Gasteiger partial charge < -0.3 is 16.0 Å². The van der Waals surface area contributed by atoms with Crippen LogP contribution in [0.1, 0.15) is 11.1 Å². The lowest BCUT2D eigenvalue weighted by atomic mass is 10.1. The fraction of sp³-hybridized carbons (Fsp3) is 0.118. The van der Waals surface area contributed by atoms with E-state index in [0.717, 1.165) is 22.6 Å². The molecule has 1 amide bonds. The molecule has 3 rings (SSSR count). The fourth-order valence-corrected chi connectivity index (χ4v) is 2.41. The minimum Gasteiger partial charge on any atom is -0.342 e. The van der Waals surface area contributed by atoms with Crippen LogP contribution in [-0.2, 0) is 11.2 Å². The molecule has 0 unspecified atom stereocenters. The van der Waals surface area contributed by atoms with Gasteiger partial charge in [0.25, 0.3) is 0 Å². The molecular weight excluding hydrogens is 262 g/mol. The van der Waals surface area contributed by atoms with Crippen molar-refractivity contribution in [1.29, 1.82) is 0 Å². The molecule has 2 aromatic carbocycles. The van der Waals surface area contributed by atoms with Crippen LogP contribution in [0.4, 0.5) is 17.1 Å². The van der Waals surface area contributed by atoms with E-state index in [1.807, 2.05) is 43.3 Å². The standard InChI is InChI=1S/C17H17N3O/c1-11-4-3-5-14(8-11)18-12(2)19-15-6-7-16-13(9-15)10-17(21)20-16/h3-9,18-19H,2,10H2,1H3,(H,20,21). The van der Waals surface area contributed by atoms with Gasteiger partial charge in [0.1, 0.15) is 5.82 Å². The van der Waals surface area contributed by atoms with Gasteiger partial charge in [0.05, 0.1) is 6.42 Å². The van der Waals surface area contributed by atoms with Gasteiger partial charge in [0, 0.05) is 17.1 Å². The Morgan fingerprint density at radius 3 is 2.67 bits per heavy atom. The number of carbonyl (C=O) groups is 1. The van der Waals surface area contributed by atoms with Gasteiger partial charge in [-0.05, 0) is 48.4 Å². The molecule has 1 aliphatic heterocycles. The largest absolute Gasteiger partial charge is 0.342 e. The van der Waals surface area contributed by atoms with Crippen LogP contribution in [0.3, 0.4) is 0 Å². The first-order valence-corrected chi connectivity index (χ1v) is 6.82. The first kappa shape index (κ1) is 13.2. The SMILES string of the molecule is C=C(Nc1cccc(C)c1)Nc1ccc2c(c1)CC(=O)N2. The predicted octanol–water partition coefficient (Wildman–Crippen LogP) is 3.48. The maximum atomic E-state index is 11.3. The maximum Gasteiger partial charge on any atom is 0.228 e. The Bertz CT molecular complexity index is 722. The highest BCUT2D eigenvalue weighted by Gasteiger charge is 2.17. The van der Waals surface area contributed by atoms with Crippen LogP contribution in [0.15, 0.2) is 54.9 Å². The Hall–Kier alpha value is -2.75. The first-order chi connectivity index (χ1) is 10.1. The monoisotopic (exact) mass is 279 g/mol. The molecular formula is C17H17N3O. The molecule has 4 nitrogen and oxygen atoms in total. The van der Waals surface area contributed by atoms with Crippen molar-refractivity contribution in [2.75, 3.05) is 16.0 Å². The number of fused-ring (bicyclic) bond motifs is 1. The van der Waals surface area contributed by atoms with Gasteiger partial charge in [-0.3, -0.25) is 4.79 Å². The van der Waals surface area contributed by atoms with Crippen molar-refractivity contribution in [2.24, 2.45) is 0 Å². The average Bonchev–Trinajstić information content (AvgIpc) is 2.78. The summed E-state index contributed by atoms with van der Waals surface area (Å²) in [6.07, 6.45) is 0.433. The van der Waals surface area contributed by atoms with Gasteiger partial charge in [-0.2, -0.15) is 0 Å². The molecule has 0 fully saturated rings. The highest BCUT2D eigenvalue weighted by molar-refractivity contribution is 5.99. The van der Waals surface area contributed by atoms with E-state index in [9.17, 15) is 4.79 Å². The van der Waals surface area contributed by atoms with Crippen molar-refractivity contribution >= 4 is 23.0 Å². The Kier molecular flexibility index (Phi) is 3.36. The van der Waals surface area contributed by atoms with Gasteiger partial charge in [-0.15, -0.1) is 0 Å². The molecule has 3 N–H and O–H groups in total. The van der Waals surface area contributed by atoms with Crippen molar-refractivity contribution in [2.45, 2.75) is 13.3 Å². The first-order valence-electron chi connectivity index (χ1n) is 6.82. The zero-order chi connectivity index (χ0) is 14.8. The van der Waals surface area contributed by atoms with Gasteiger partial charge in [-0.1, -0.05) is 18.7 Å². The lowest BCUT2D eigenvalue weighted by Gasteiger charge is -2.13. The Morgan fingerprint density at radius 2 is 1.90 bits per heavy atom. The predicted molar refractivity (Wildman–Crippen MR) is 86.3 cm³/mol. The quantitative estimate of drug-likeness (QED) is 0.803. The second-order valence-electron chi connectivity index (χ2n) is 5.19. The van der Waals surface area contributed by atoms with E-state index in [0.29, 0.717) is 12.2 Å². The van der Waals surface area contributed by atoms with Crippen molar-refractivity contribution in [3.63, 3.8) is 0 Å². The number of hydrogen-bond donors (Lipinski definition) is 3. The van der Waals surface area contributed by atoms with E-state index in [1.54, 1.807) is 0 Å². The van der Waals surface area contributed by atoms with E-state index in [1.165, 1.54) is 5.56 Å². The van der Waals surface area contributed by atoms with E-state index >= 15 is 0 Å². The lowest BCUT2D eigenvalue weighted by molar-refractivity contribution is -0.115. The van der Waals surface area contributed by atoms with Crippen molar-refractivity contribution in [1.82, 2.24) is 0 Å². The molecule has 21 heavy (non-hydrogen) atoms. The second kappa shape index (κ2) is 5.32. The van der Waals surface area contributed by atoms with Crippen LogP contribution in [0.25, 0.3) is 0 Å². The third kappa shape index (κ3) is 3.05. The van der Waals surface area contributed by atoms with Crippen LogP contribution >= 0.6 is 0 Å². The van der Waals surface area contributed by atoms with E-state index in [-0.39, 0.29) is 5.91 Å². The summed E-state index contributed by atoms with van der Waals surface area (Å²) in [4.78, 5) is 11.3. The summed E-state index contributed by atoms with van der Waals surface area (Å²) >= 11 is 0. The summed E-state index contributed by atoms with van der Waals surface area (Å²) in [7, 11) is 0. The average molecular weight is 279 g/mol. The molecule has 0 aromatic heterocycles. The number of hydrogen-bond acceptors (Lipinski definition) is 3. The van der Waals surface area contributed by atoms with Crippen LogP contribution in [0.5, 0.6) is 0 Å². The number of rotatable bonds is 4. The molecule has 0 radical (unpaired) electrons. The number of amides is 1. The number of carbonyl (C=O) groups excluding carboxylic acids is 1. The maximum absolute atomic E-state index is 11.3. The summed E-state index contributed by atoms with van der Waals surface area (Å²) in [5, 5.41) is 9.25. The highest BCUT2D eigenvalue weighted by atomic mass is 16.1. The molecule has 0 aliphatic carbocycles. The smallest absolute Gasteiger partial charge is 0.228 e. The second-order valence-corrected chi connectivity index (χ2v) is 5.19. The summed E-state index contributed by atoms with van der Waals surface area (Å²) < 4.78 is 0. The van der Waals surface area contributed by atoms with Gasteiger partial charge in [0.15, 0.2) is 0 Å². The molecule has 0 atom stereocenters. The van der Waals surface area contributed by atoms with Gasteiger partial charge in [-0.25, -0.2) is 0 Å². The van der Waals surface area contributed by atoms with Gasteiger partial charge in [0.2, 0.25) is 5.91 Å². The van der Waals surface area contributed by atoms with E-state index in [2.05, 4.69) is 28.6 Å². The van der Waals surface area contributed by atoms with Crippen LogP contribution < -0.4 is 16.0 Å². The molecule has 0 saturated heterocycles. The molecule has 1 heterocycles. The molecule has 2 aromatic rings. The minimum absolute atomic E-state index is 0.0406. The fourth-order valence-electron chi connectivity index (χ4n) is 2.41. The van der Waals surface area contributed by atoms with Crippen molar-refractivity contribution < 1.29 is 4.79 Å². The number of nitrogens with one attached hydrogen (secondary N) is 3. The Morgan fingerprint density at radius 1 is 1.14 bits per heavy atom. The summed E-state index contributed by atoms with van der Waals surface area (Å²) in [5.41, 5.74) is 4.99. The summed E-state index contributed by atoms with van der Waals surface area (Å²) in [5.74, 6) is 0.733. The normalized spacial score (nSPS) is 12.5. The van der Waals surface area contributed by atoms with Crippen LogP contribution in [0.2, 0.25) is 0 Å². The molecule has 4 heteroatoms. The number of anilines is 3. The minimum atomic E-state index is 0.0406. The van der Waals surface area contributed by atoms with Crippen LogP contribution in [-0.4, -0.2) is 5.91 Å². The Balaban J connectivity index is 1.68. The third-order valence-electron chi connectivity index (χ3n) is 3.34. The van der Waals surface area contributed by atoms with Crippen molar-refractivity contribution in [3.05, 3.63) is 66.0 Å². The van der Waals surface area contributed by atoms with Crippen molar-refractivity contribution in [3.8, 4) is 0 Å². The topological polar surface area (TPSA) is 53.2 Å². The zero-order valence-electron chi connectivity index (χ0n) is 11.9. The zero-order valence-corrected chi connectivity index (χ0v) is 11.9. The number of benzene rings is 2. The van der Waals surface area contributed by atoms with E-state index in [4.69, 9.17) is 0 Å². The summed E-state index contributed by atoms with van der Waals surface area (Å²) in [6, 6.07) is 13.9. The molecule has 1 aliphatic rings. The van der Waals surface area contributed by atoms with E-state index < -0.39 is 0 Å².